The van der Waals surface area contributed by atoms with Crippen molar-refractivity contribution >= 4 is 40.6 Å². The van der Waals surface area contributed by atoms with E-state index in [1.165, 1.54) is 14.2 Å². The van der Waals surface area contributed by atoms with E-state index in [1.54, 1.807) is 66.7 Å². The third-order valence-corrected chi connectivity index (χ3v) is 4.35. The van der Waals surface area contributed by atoms with Gasteiger partial charge in [0.15, 0.2) is 0 Å². The number of anilines is 3. The summed E-state index contributed by atoms with van der Waals surface area (Å²) in [7, 11) is 3.06. The van der Waals surface area contributed by atoms with Crippen LogP contribution < -0.4 is 25.4 Å². The number of carbonyl (C=O) groups excluding carboxylic acids is 2. The monoisotopic (exact) mass is 425 g/mol. The van der Waals surface area contributed by atoms with Crippen LogP contribution in [0.5, 0.6) is 11.5 Å². The topological polar surface area (TPSA) is 88.7 Å². The van der Waals surface area contributed by atoms with E-state index in [-0.39, 0.29) is 5.91 Å². The number of amides is 3. The molecule has 0 heterocycles. The molecule has 0 fully saturated rings. The molecule has 0 atom stereocenters. The second kappa shape index (κ2) is 9.67. The van der Waals surface area contributed by atoms with E-state index >= 15 is 0 Å². The van der Waals surface area contributed by atoms with Crippen LogP contribution in [0, 0.1) is 0 Å². The minimum absolute atomic E-state index is 0.341. The summed E-state index contributed by atoms with van der Waals surface area (Å²) in [6.07, 6.45) is 0. The molecular weight excluding hydrogens is 406 g/mol. The van der Waals surface area contributed by atoms with E-state index in [1.807, 2.05) is 0 Å². The van der Waals surface area contributed by atoms with E-state index in [0.29, 0.717) is 39.1 Å². The first-order valence-electron chi connectivity index (χ1n) is 8.95. The van der Waals surface area contributed by atoms with Crippen molar-refractivity contribution in [2.45, 2.75) is 0 Å². The van der Waals surface area contributed by atoms with Gasteiger partial charge in [-0.25, -0.2) is 4.79 Å². The first kappa shape index (κ1) is 21.0. The Kier molecular flexibility index (Phi) is 6.77. The molecule has 0 spiro atoms. The Bertz CT molecular complexity index is 1030. The summed E-state index contributed by atoms with van der Waals surface area (Å²) in [6, 6.07) is 18.0. The number of hydrogen-bond acceptors (Lipinski definition) is 4. The molecule has 3 aromatic rings. The largest absolute Gasteiger partial charge is 0.497 e. The number of halogens is 1. The van der Waals surface area contributed by atoms with Gasteiger partial charge in [0.05, 0.1) is 14.2 Å². The van der Waals surface area contributed by atoms with Gasteiger partial charge in [-0.2, -0.15) is 0 Å². The highest BCUT2D eigenvalue weighted by Crippen LogP contribution is 2.26. The number of ether oxygens (including phenoxy) is 2. The highest BCUT2D eigenvalue weighted by molar-refractivity contribution is 6.30. The lowest BCUT2D eigenvalue weighted by molar-refractivity contribution is 0.102. The van der Waals surface area contributed by atoms with Crippen LogP contribution in [-0.2, 0) is 0 Å². The maximum absolute atomic E-state index is 12.6. The van der Waals surface area contributed by atoms with E-state index in [2.05, 4.69) is 16.0 Å². The minimum Gasteiger partial charge on any atom is -0.497 e. The Balaban J connectivity index is 1.68. The van der Waals surface area contributed by atoms with Gasteiger partial charge in [0.25, 0.3) is 5.91 Å². The predicted octanol–water partition coefficient (Wildman–Crippen LogP) is 5.25. The number of nitrogens with one attached hydrogen (secondary N) is 3. The second-order valence-electron chi connectivity index (χ2n) is 6.22. The van der Waals surface area contributed by atoms with Gasteiger partial charge in [0, 0.05) is 45.8 Å². The number of benzene rings is 3. The van der Waals surface area contributed by atoms with Crippen molar-refractivity contribution in [1.82, 2.24) is 0 Å². The summed E-state index contributed by atoms with van der Waals surface area (Å²) in [5.74, 6) is 0.768. The van der Waals surface area contributed by atoms with Gasteiger partial charge in [-0.1, -0.05) is 17.7 Å². The molecule has 30 heavy (non-hydrogen) atoms. The Morgan fingerprint density at radius 1 is 0.733 bits per heavy atom. The van der Waals surface area contributed by atoms with Crippen LogP contribution in [0.3, 0.4) is 0 Å². The predicted molar refractivity (Wildman–Crippen MR) is 118 cm³/mol. The van der Waals surface area contributed by atoms with Gasteiger partial charge in [0.1, 0.15) is 11.5 Å². The molecule has 0 radical (unpaired) electrons. The highest BCUT2D eigenvalue weighted by atomic mass is 35.5. The lowest BCUT2D eigenvalue weighted by atomic mass is 10.1. The molecule has 0 aliphatic carbocycles. The summed E-state index contributed by atoms with van der Waals surface area (Å²) in [6.45, 7) is 0. The van der Waals surface area contributed by atoms with Crippen LogP contribution >= 0.6 is 11.6 Å². The summed E-state index contributed by atoms with van der Waals surface area (Å²) >= 11 is 5.84. The fourth-order valence-corrected chi connectivity index (χ4v) is 2.77. The second-order valence-corrected chi connectivity index (χ2v) is 6.66. The highest BCUT2D eigenvalue weighted by Gasteiger charge is 2.10. The molecule has 3 N–H and O–H groups in total. The lowest BCUT2D eigenvalue weighted by Gasteiger charge is -2.11. The van der Waals surface area contributed by atoms with Crippen molar-refractivity contribution < 1.29 is 19.1 Å². The average Bonchev–Trinajstić information content (AvgIpc) is 2.75. The van der Waals surface area contributed by atoms with E-state index in [9.17, 15) is 9.59 Å². The fraction of sp³-hybridized carbons (Fsp3) is 0.0909. The molecule has 3 rings (SSSR count). The van der Waals surface area contributed by atoms with Gasteiger partial charge in [0.2, 0.25) is 0 Å². The van der Waals surface area contributed by atoms with Crippen LogP contribution in [0.15, 0.2) is 66.7 Å². The molecule has 8 heteroatoms. The molecule has 3 aromatic carbocycles. The molecule has 0 aliphatic heterocycles. The first-order chi connectivity index (χ1) is 14.5. The Morgan fingerprint density at radius 2 is 1.37 bits per heavy atom. The molecule has 0 saturated heterocycles. The zero-order chi connectivity index (χ0) is 21.5. The number of urea groups is 1. The van der Waals surface area contributed by atoms with Crippen LogP contribution in [0.25, 0.3) is 0 Å². The Hall–Kier alpha value is -3.71. The minimum atomic E-state index is -0.438. The zero-order valence-electron chi connectivity index (χ0n) is 16.4. The maximum atomic E-state index is 12.6. The van der Waals surface area contributed by atoms with Gasteiger partial charge in [-0.15, -0.1) is 0 Å². The number of carbonyl (C=O) groups is 2. The SMILES string of the molecule is COc1cc(NC(=O)c2cccc(NC(=O)Nc3ccc(Cl)cc3)c2)cc(OC)c1. The van der Waals surface area contributed by atoms with Crippen molar-refractivity contribution in [3.05, 3.63) is 77.3 Å². The zero-order valence-corrected chi connectivity index (χ0v) is 17.1. The molecule has 0 bridgehead atoms. The summed E-state index contributed by atoms with van der Waals surface area (Å²) in [5, 5.41) is 8.76. The molecular formula is C22H20ClN3O4. The van der Waals surface area contributed by atoms with Gasteiger partial charge < -0.3 is 25.4 Å². The molecule has 0 aliphatic rings. The van der Waals surface area contributed by atoms with Gasteiger partial charge in [-0.3, -0.25) is 4.79 Å². The Labute approximate surface area is 179 Å². The maximum Gasteiger partial charge on any atom is 0.323 e. The quantitative estimate of drug-likeness (QED) is 0.503. The molecule has 154 valence electrons. The van der Waals surface area contributed by atoms with E-state index in [0.717, 1.165) is 0 Å². The number of rotatable bonds is 6. The van der Waals surface area contributed by atoms with E-state index in [4.69, 9.17) is 21.1 Å². The lowest BCUT2D eigenvalue weighted by Crippen LogP contribution is -2.20. The van der Waals surface area contributed by atoms with Crippen molar-refractivity contribution in [3.63, 3.8) is 0 Å². The smallest absolute Gasteiger partial charge is 0.323 e. The van der Waals surface area contributed by atoms with Crippen molar-refractivity contribution in [2.24, 2.45) is 0 Å². The van der Waals surface area contributed by atoms with Crippen molar-refractivity contribution in [2.75, 3.05) is 30.2 Å². The fourth-order valence-electron chi connectivity index (χ4n) is 2.65. The van der Waals surface area contributed by atoms with E-state index < -0.39 is 6.03 Å². The number of hydrogen-bond donors (Lipinski definition) is 3. The third kappa shape index (κ3) is 5.65. The van der Waals surface area contributed by atoms with Crippen LogP contribution in [0.1, 0.15) is 10.4 Å². The van der Waals surface area contributed by atoms with Crippen molar-refractivity contribution in [1.29, 1.82) is 0 Å². The van der Waals surface area contributed by atoms with Crippen LogP contribution in [-0.4, -0.2) is 26.2 Å². The standard InChI is InChI=1S/C22H20ClN3O4/c1-29-19-11-18(12-20(13-19)30-2)24-21(27)14-4-3-5-17(10-14)26-22(28)25-16-8-6-15(23)7-9-16/h3-13H,1-2H3,(H,24,27)(H2,25,26,28). The number of methoxy groups -OCH3 is 2. The molecule has 0 unspecified atom stereocenters. The summed E-state index contributed by atoms with van der Waals surface area (Å²) in [4.78, 5) is 24.8. The van der Waals surface area contributed by atoms with Gasteiger partial charge >= 0.3 is 6.03 Å². The van der Waals surface area contributed by atoms with Crippen LogP contribution in [0.4, 0.5) is 21.9 Å². The van der Waals surface area contributed by atoms with Crippen molar-refractivity contribution in [3.8, 4) is 11.5 Å². The molecule has 0 aromatic heterocycles. The molecule has 3 amide bonds. The first-order valence-corrected chi connectivity index (χ1v) is 9.32. The Morgan fingerprint density at radius 3 is 2.00 bits per heavy atom. The molecule has 0 saturated carbocycles. The summed E-state index contributed by atoms with van der Waals surface area (Å²) in [5.41, 5.74) is 1.96. The molecule has 7 nitrogen and oxygen atoms in total. The van der Waals surface area contributed by atoms with Gasteiger partial charge in [-0.05, 0) is 42.5 Å². The average molecular weight is 426 g/mol. The normalized spacial score (nSPS) is 10.1. The summed E-state index contributed by atoms with van der Waals surface area (Å²) < 4.78 is 10.4. The third-order valence-electron chi connectivity index (χ3n) is 4.09. The van der Waals surface area contributed by atoms with Crippen LogP contribution in [0.2, 0.25) is 5.02 Å².